The second-order valence-corrected chi connectivity index (χ2v) is 34.2. The van der Waals surface area contributed by atoms with Crippen molar-refractivity contribution in [2.45, 2.75) is 321 Å². The molecule has 0 saturated carbocycles. The SMILES string of the molecule is CCCCCCCCCCCCc1ccc(C2(c3ccc(CCCCCCCCCCCC)cc3)c3cc4c(cc3-c3sc5sccc5c32)C(c2ccc(CCCCCCCCCCCC)cc2)(c2ccc(CCCCCCCCCCCC)cc2)c2c-4sc3sccc23)cc1. The highest BCUT2D eigenvalue weighted by molar-refractivity contribution is 7.40. The molecular weight excluding hydrogens is 1230 g/mol. The topological polar surface area (TPSA) is 0 Å². The summed E-state index contributed by atoms with van der Waals surface area (Å²) in [4.78, 5) is 2.95. The van der Waals surface area contributed by atoms with E-state index in [2.05, 4.69) is 182 Å². The van der Waals surface area contributed by atoms with E-state index >= 15 is 0 Å². The van der Waals surface area contributed by atoms with E-state index < -0.39 is 10.8 Å². The van der Waals surface area contributed by atoms with Crippen molar-refractivity contribution >= 4 is 64.1 Å². The predicted molar refractivity (Wildman–Crippen MR) is 430 cm³/mol. The van der Waals surface area contributed by atoms with Crippen LogP contribution < -0.4 is 0 Å². The number of benzene rings is 5. The molecule has 5 aromatic carbocycles. The summed E-state index contributed by atoms with van der Waals surface area (Å²) in [6, 6.07) is 51.4. The average molecular weight is 1360 g/mol. The summed E-state index contributed by atoms with van der Waals surface area (Å²) in [5.41, 5.74) is 19.4. The van der Waals surface area contributed by atoms with E-state index in [1.807, 2.05) is 22.7 Å². The van der Waals surface area contributed by atoms with Crippen LogP contribution in [-0.4, -0.2) is 0 Å². The molecule has 2 aliphatic carbocycles. The van der Waals surface area contributed by atoms with Crippen LogP contribution in [0.5, 0.6) is 0 Å². The van der Waals surface area contributed by atoms with Gasteiger partial charge in [-0.1, -0.05) is 356 Å². The summed E-state index contributed by atoms with van der Waals surface area (Å²) in [7, 11) is 0. The van der Waals surface area contributed by atoms with Gasteiger partial charge in [-0.15, -0.1) is 45.3 Å². The molecule has 0 N–H and O–H groups in total. The Labute approximate surface area is 600 Å². The fourth-order valence-electron chi connectivity index (χ4n) is 17.1. The molecule has 0 aliphatic heterocycles. The lowest BCUT2D eigenvalue weighted by atomic mass is 9.65. The third kappa shape index (κ3) is 17.6. The van der Waals surface area contributed by atoms with Gasteiger partial charge in [0.1, 0.15) is 0 Å². The van der Waals surface area contributed by atoms with E-state index in [0.717, 1.165) is 25.7 Å². The van der Waals surface area contributed by atoms with E-state index in [4.69, 9.17) is 0 Å². The smallest absolute Gasteiger partial charge is 0.0874 e. The first-order chi connectivity index (χ1) is 47.5. The lowest BCUT2D eigenvalue weighted by Gasteiger charge is -2.36. The molecule has 0 unspecified atom stereocenters. The van der Waals surface area contributed by atoms with Crippen molar-refractivity contribution < 1.29 is 0 Å². The number of aryl methyl sites for hydroxylation is 4. The van der Waals surface area contributed by atoms with E-state index in [1.165, 1.54) is 363 Å². The number of thiophene rings is 4. The molecule has 96 heavy (non-hydrogen) atoms. The molecule has 2 aliphatic rings. The number of fused-ring (bicyclic) bond motifs is 10. The Balaban J connectivity index is 0.958. The first-order valence-electron chi connectivity index (χ1n) is 40.1. The van der Waals surface area contributed by atoms with Crippen molar-refractivity contribution in [2.75, 3.05) is 0 Å². The van der Waals surface area contributed by atoms with Crippen LogP contribution in [0.4, 0.5) is 0 Å². The highest BCUT2D eigenvalue weighted by atomic mass is 32.2. The van der Waals surface area contributed by atoms with Gasteiger partial charge in [-0.2, -0.15) is 0 Å². The predicted octanol–water partition coefficient (Wildman–Crippen LogP) is 30.8. The number of hydrogen-bond donors (Lipinski definition) is 0. The van der Waals surface area contributed by atoms with Crippen LogP contribution in [0.25, 0.3) is 39.7 Å². The van der Waals surface area contributed by atoms with E-state index in [1.54, 1.807) is 0 Å². The molecule has 0 amide bonds. The molecule has 0 bridgehead atoms. The van der Waals surface area contributed by atoms with Gasteiger partial charge >= 0.3 is 0 Å². The summed E-state index contributed by atoms with van der Waals surface area (Å²) in [6.07, 6.45) is 59.5. The molecule has 4 aromatic heterocycles. The zero-order chi connectivity index (χ0) is 66.0. The molecule has 0 fully saturated rings. The van der Waals surface area contributed by atoms with E-state index in [9.17, 15) is 0 Å². The molecule has 0 nitrogen and oxygen atoms in total. The van der Waals surface area contributed by atoms with Crippen LogP contribution >= 0.6 is 45.3 Å². The minimum atomic E-state index is -0.489. The second kappa shape index (κ2) is 38.3. The first kappa shape index (κ1) is 72.7. The molecule has 0 spiro atoms. The molecule has 11 rings (SSSR count). The van der Waals surface area contributed by atoms with Crippen molar-refractivity contribution in [1.29, 1.82) is 0 Å². The van der Waals surface area contributed by atoms with Crippen LogP contribution in [0.1, 0.15) is 351 Å². The largest absolute Gasteiger partial charge is 0.133 e. The van der Waals surface area contributed by atoms with Gasteiger partial charge in [0, 0.05) is 20.5 Å². The molecule has 4 heteroatoms. The fraction of sp³-hybridized carbons (Fsp3) is 0.543. The average Bonchev–Trinajstić information content (AvgIpc) is 1.50. The minimum Gasteiger partial charge on any atom is -0.133 e. The minimum absolute atomic E-state index is 0.489. The van der Waals surface area contributed by atoms with Crippen LogP contribution in [0.2, 0.25) is 0 Å². The molecule has 0 radical (unpaired) electrons. The maximum atomic E-state index is 2.78. The molecule has 0 saturated heterocycles. The van der Waals surface area contributed by atoms with Crippen molar-refractivity contribution in [1.82, 2.24) is 0 Å². The van der Waals surface area contributed by atoms with Crippen molar-refractivity contribution in [3.8, 4) is 20.9 Å². The lowest BCUT2D eigenvalue weighted by Crippen LogP contribution is -2.30. The third-order valence-corrected chi connectivity index (χ3v) is 27.2. The molecule has 4 heterocycles. The Morgan fingerprint density at radius 2 is 0.469 bits per heavy atom. The van der Waals surface area contributed by atoms with Crippen molar-refractivity contribution in [3.63, 3.8) is 0 Å². The van der Waals surface area contributed by atoms with Crippen LogP contribution in [0, 0.1) is 0 Å². The molecule has 9 aromatic rings. The molecule has 514 valence electrons. The maximum Gasteiger partial charge on any atom is 0.0874 e. The Morgan fingerprint density at radius 3 is 0.698 bits per heavy atom. The Hall–Kier alpha value is -4.58. The zero-order valence-electron chi connectivity index (χ0n) is 60.4. The summed E-state index contributed by atoms with van der Waals surface area (Å²) < 4.78 is 2.90. The second-order valence-electron chi connectivity index (χ2n) is 29.8. The van der Waals surface area contributed by atoms with Gasteiger partial charge in [0.15, 0.2) is 0 Å². The van der Waals surface area contributed by atoms with Gasteiger partial charge in [-0.05, 0) is 164 Å². The first-order valence-corrected chi connectivity index (χ1v) is 43.5. The quantitative estimate of drug-likeness (QED) is 0.0334. The Morgan fingerprint density at radius 1 is 0.250 bits per heavy atom. The number of unbranched alkanes of at least 4 members (excludes halogenated alkanes) is 36. The van der Waals surface area contributed by atoms with E-state index in [0.29, 0.717) is 0 Å². The van der Waals surface area contributed by atoms with Crippen LogP contribution in [-0.2, 0) is 36.5 Å². The van der Waals surface area contributed by atoms with Crippen molar-refractivity contribution in [2.24, 2.45) is 0 Å². The van der Waals surface area contributed by atoms with Crippen molar-refractivity contribution in [3.05, 3.63) is 199 Å². The third-order valence-electron chi connectivity index (χ3n) is 22.7. The Kier molecular flexibility index (Phi) is 29.0. The van der Waals surface area contributed by atoms with E-state index in [-0.39, 0.29) is 0 Å². The number of hydrogen-bond acceptors (Lipinski definition) is 4. The fourth-order valence-corrected chi connectivity index (χ4v) is 21.8. The van der Waals surface area contributed by atoms with Crippen LogP contribution in [0.3, 0.4) is 0 Å². The van der Waals surface area contributed by atoms with Gasteiger partial charge in [-0.25, -0.2) is 0 Å². The molecular formula is C92H122S4. The molecule has 0 atom stereocenters. The number of rotatable bonds is 48. The van der Waals surface area contributed by atoms with Gasteiger partial charge in [0.25, 0.3) is 0 Å². The Bertz CT molecular complexity index is 3290. The lowest BCUT2D eigenvalue weighted by molar-refractivity contribution is 0.556. The standard InChI is InChI=1S/C92H122S4/c1-5-9-13-17-21-25-29-33-37-41-45-71-49-57-75(58-50-71)91(76-59-51-72(52-60-76)46-42-38-34-30-26-22-18-14-10-6-2)83-69-82-84(70-81(83)87-85(91)79-65-67-93-89(79)95-87)92(86-80-66-68-94-90(80)96-88(82)86,77-61-53-73(54-62-77)47-43-39-35-31-27-23-19-15-11-7-3)78-63-55-74(56-64-78)48-44-40-36-32-28-24-20-16-12-8-4/h49-70H,5-48H2,1-4H3. The monoisotopic (exact) mass is 1350 g/mol. The summed E-state index contributed by atoms with van der Waals surface area (Å²) in [6.45, 7) is 9.30. The zero-order valence-corrected chi connectivity index (χ0v) is 63.7. The summed E-state index contributed by atoms with van der Waals surface area (Å²) in [5, 5.41) is 7.63. The van der Waals surface area contributed by atoms with Gasteiger partial charge in [-0.3, -0.25) is 0 Å². The highest BCUT2D eigenvalue weighted by Gasteiger charge is 2.54. The van der Waals surface area contributed by atoms with Gasteiger partial charge in [0.05, 0.1) is 18.9 Å². The maximum absolute atomic E-state index is 2.78. The van der Waals surface area contributed by atoms with Crippen LogP contribution in [0.15, 0.2) is 132 Å². The summed E-state index contributed by atoms with van der Waals surface area (Å²) >= 11 is 8.03. The van der Waals surface area contributed by atoms with Gasteiger partial charge in [0.2, 0.25) is 0 Å². The normalized spacial score (nSPS) is 13.5. The highest BCUT2D eigenvalue weighted by Crippen LogP contribution is 2.67. The van der Waals surface area contributed by atoms with Gasteiger partial charge < -0.3 is 0 Å². The summed E-state index contributed by atoms with van der Waals surface area (Å²) in [5.74, 6) is 0.